The maximum Gasteiger partial charge on any atom is 0.350 e. The molecule has 0 bridgehead atoms. The highest BCUT2D eigenvalue weighted by Gasteiger charge is 2.21. The largest absolute Gasteiger partial charge is 0.462 e. The van der Waals surface area contributed by atoms with Gasteiger partial charge in [0, 0.05) is 4.88 Å². The summed E-state index contributed by atoms with van der Waals surface area (Å²) in [5.41, 5.74) is 8.77. The number of ether oxygens (including phenoxy) is 1. The molecule has 100 valence electrons. The van der Waals surface area contributed by atoms with Crippen molar-refractivity contribution < 1.29 is 9.53 Å². The summed E-state index contributed by atoms with van der Waals surface area (Å²) < 4.78 is 5.05. The van der Waals surface area contributed by atoms with Crippen molar-refractivity contribution in [3.63, 3.8) is 0 Å². The first-order valence-electron chi connectivity index (χ1n) is 6.32. The first-order chi connectivity index (χ1) is 9.19. The maximum absolute atomic E-state index is 11.9. The highest BCUT2D eigenvalue weighted by molar-refractivity contribution is 7.18. The fourth-order valence-electron chi connectivity index (χ4n) is 2.00. The van der Waals surface area contributed by atoms with Crippen LogP contribution in [-0.4, -0.2) is 12.6 Å². The lowest BCUT2D eigenvalue weighted by atomic mass is 10.1. The Kier molecular flexibility index (Phi) is 4.22. The Labute approximate surface area is 117 Å². The number of benzene rings is 1. The minimum absolute atomic E-state index is 0.332. The molecule has 1 aromatic heterocycles. The first kappa shape index (κ1) is 13.6. The van der Waals surface area contributed by atoms with E-state index in [0.717, 1.165) is 22.4 Å². The van der Waals surface area contributed by atoms with Gasteiger partial charge in [-0.05, 0) is 24.5 Å². The first-order valence-corrected chi connectivity index (χ1v) is 7.14. The summed E-state index contributed by atoms with van der Waals surface area (Å²) in [6.45, 7) is 4.19. The molecule has 0 saturated carbocycles. The van der Waals surface area contributed by atoms with E-state index in [4.69, 9.17) is 10.5 Å². The number of hydrogen-bond donors (Lipinski definition) is 1. The van der Waals surface area contributed by atoms with Crippen LogP contribution in [0.3, 0.4) is 0 Å². The molecule has 0 fully saturated rings. The summed E-state index contributed by atoms with van der Waals surface area (Å²) in [5.74, 6) is -0.332. The molecule has 1 aromatic carbocycles. The number of carbonyl (C=O) groups is 1. The van der Waals surface area contributed by atoms with Crippen molar-refractivity contribution in [1.82, 2.24) is 0 Å². The summed E-state index contributed by atoms with van der Waals surface area (Å²) in [5, 5.41) is 0. The van der Waals surface area contributed by atoms with Crippen molar-refractivity contribution in [3.05, 3.63) is 40.8 Å². The fourth-order valence-corrected chi connectivity index (χ4v) is 3.21. The van der Waals surface area contributed by atoms with Crippen molar-refractivity contribution in [2.24, 2.45) is 0 Å². The zero-order valence-electron chi connectivity index (χ0n) is 11.1. The van der Waals surface area contributed by atoms with Gasteiger partial charge in [-0.25, -0.2) is 4.79 Å². The van der Waals surface area contributed by atoms with Gasteiger partial charge in [-0.15, -0.1) is 11.3 Å². The minimum atomic E-state index is -0.332. The Balaban J connectivity index is 2.51. The van der Waals surface area contributed by atoms with Crippen LogP contribution < -0.4 is 5.73 Å². The zero-order valence-corrected chi connectivity index (χ0v) is 11.9. The smallest absolute Gasteiger partial charge is 0.350 e. The predicted molar refractivity (Wildman–Crippen MR) is 79.5 cm³/mol. The van der Waals surface area contributed by atoms with Crippen LogP contribution in [0.1, 0.15) is 29.1 Å². The van der Waals surface area contributed by atoms with E-state index in [0.29, 0.717) is 17.2 Å². The second-order valence-electron chi connectivity index (χ2n) is 4.09. The van der Waals surface area contributed by atoms with Gasteiger partial charge in [0.15, 0.2) is 0 Å². The molecule has 2 N–H and O–H groups in total. The molecule has 4 heteroatoms. The highest BCUT2D eigenvalue weighted by Crippen LogP contribution is 2.39. The van der Waals surface area contributed by atoms with E-state index in [2.05, 4.69) is 0 Å². The molecule has 0 aliphatic rings. The molecule has 0 atom stereocenters. The van der Waals surface area contributed by atoms with Gasteiger partial charge in [0.1, 0.15) is 4.88 Å². The third kappa shape index (κ3) is 2.63. The summed E-state index contributed by atoms with van der Waals surface area (Å²) in [4.78, 5) is 13.5. The van der Waals surface area contributed by atoms with E-state index < -0.39 is 0 Å². The Morgan fingerprint density at radius 1 is 1.26 bits per heavy atom. The topological polar surface area (TPSA) is 52.3 Å². The van der Waals surface area contributed by atoms with Crippen LogP contribution >= 0.6 is 11.3 Å². The van der Waals surface area contributed by atoms with Gasteiger partial charge in [0.25, 0.3) is 0 Å². The number of thiophene rings is 1. The van der Waals surface area contributed by atoms with Gasteiger partial charge in [-0.3, -0.25) is 0 Å². The standard InChI is InChI=1S/C15H17NO2S/c1-3-11-12(16)14(15(17)18-4-2)19-13(11)10-8-6-5-7-9-10/h5-9H,3-4,16H2,1-2H3. The Hall–Kier alpha value is -1.81. The lowest BCUT2D eigenvalue weighted by molar-refractivity contribution is 0.0533. The number of carbonyl (C=O) groups excluding carboxylic acids is 1. The Morgan fingerprint density at radius 2 is 1.95 bits per heavy atom. The zero-order chi connectivity index (χ0) is 13.8. The van der Waals surface area contributed by atoms with Crippen molar-refractivity contribution in [2.45, 2.75) is 20.3 Å². The normalized spacial score (nSPS) is 10.4. The summed E-state index contributed by atoms with van der Waals surface area (Å²) in [7, 11) is 0. The number of anilines is 1. The van der Waals surface area contributed by atoms with E-state index in [1.54, 1.807) is 6.92 Å². The molecule has 0 aliphatic heterocycles. The number of hydrogen-bond acceptors (Lipinski definition) is 4. The van der Waals surface area contributed by atoms with Gasteiger partial charge < -0.3 is 10.5 Å². The quantitative estimate of drug-likeness (QED) is 0.865. The molecule has 0 amide bonds. The number of nitrogen functional groups attached to an aromatic ring is 1. The van der Waals surface area contributed by atoms with Crippen molar-refractivity contribution in [1.29, 1.82) is 0 Å². The van der Waals surface area contributed by atoms with Crippen LogP contribution in [0.5, 0.6) is 0 Å². The summed E-state index contributed by atoms with van der Waals surface area (Å²) >= 11 is 1.41. The SMILES string of the molecule is CCOC(=O)c1sc(-c2ccccc2)c(CC)c1N. The van der Waals surface area contributed by atoms with Crippen LogP contribution in [0.2, 0.25) is 0 Å². The third-order valence-electron chi connectivity index (χ3n) is 2.90. The minimum Gasteiger partial charge on any atom is -0.462 e. The third-order valence-corrected chi connectivity index (χ3v) is 4.18. The summed E-state index contributed by atoms with van der Waals surface area (Å²) in [6.07, 6.45) is 0.798. The average molecular weight is 275 g/mol. The predicted octanol–water partition coefficient (Wildman–Crippen LogP) is 3.74. The summed E-state index contributed by atoms with van der Waals surface area (Å²) in [6, 6.07) is 9.99. The monoisotopic (exact) mass is 275 g/mol. The van der Waals surface area contributed by atoms with Crippen LogP contribution in [0.25, 0.3) is 10.4 Å². The van der Waals surface area contributed by atoms with Crippen LogP contribution in [-0.2, 0) is 11.2 Å². The lowest BCUT2D eigenvalue weighted by Gasteiger charge is -2.02. The number of esters is 1. The van der Waals surface area contributed by atoms with Gasteiger partial charge >= 0.3 is 5.97 Å². The molecule has 0 spiro atoms. The van der Waals surface area contributed by atoms with E-state index >= 15 is 0 Å². The molecule has 2 aromatic rings. The molecular formula is C15H17NO2S. The van der Waals surface area contributed by atoms with Gasteiger partial charge in [0.2, 0.25) is 0 Å². The molecule has 0 saturated heterocycles. The van der Waals surface area contributed by atoms with Gasteiger partial charge in [0.05, 0.1) is 12.3 Å². The molecule has 1 heterocycles. The van der Waals surface area contributed by atoms with E-state index in [-0.39, 0.29) is 5.97 Å². The van der Waals surface area contributed by atoms with E-state index in [9.17, 15) is 4.79 Å². The van der Waals surface area contributed by atoms with Gasteiger partial charge in [-0.2, -0.15) is 0 Å². The molecular weight excluding hydrogens is 258 g/mol. The Bertz CT molecular complexity index is 575. The second-order valence-corrected chi connectivity index (χ2v) is 5.11. The molecule has 0 unspecified atom stereocenters. The van der Waals surface area contributed by atoms with Gasteiger partial charge in [-0.1, -0.05) is 37.3 Å². The molecule has 3 nitrogen and oxygen atoms in total. The fraction of sp³-hybridized carbons (Fsp3) is 0.267. The lowest BCUT2D eigenvalue weighted by Crippen LogP contribution is -2.05. The highest BCUT2D eigenvalue weighted by atomic mass is 32.1. The van der Waals surface area contributed by atoms with E-state index in [1.807, 2.05) is 37.3 Å². The van der Waals surface area contributed by atoms with Crippen LogP contribution in [0.4, 0.5) is 5.69 Å². The maximum atomic E-state index is 11.9. The molecule has 0 radical (unpaired) electrons. The van der Waals surface area contributed by atoms with Crippen molar-refractivity contribution in [3.8, 4) is 10.4 Å². The molecule has 2 rings (SSSR count). The van der Waals surface area contributed by atoms with Crippen molar-refractivity contribution >= 4 is 23.0 Å². The second kappa shape index (κ2) is 5.89. The molecule has 0 aliphatic carbocycles. The molecule has 19 heavy (non-hydrogen) atoms. The van der Waals surface area contributed by atoms with Crippen molar-refractivity contribution in [2.75, 3.05) is 12.3 Å². The van der Waals surface area contributed by atoms with Crippen LogP contribution in [0.15, 0.2) is 30.3 Å². The Morgan fingerprint density at radius 3 is 2.53 bits per heavy atom. The number of nitrogens with two attached hydrogens (primary N) is 1. The van der Waals surface area contributed by atoms with Crippen LogP contribution in [0, 0.1) is 0 Å². The van der Waals surface area contributed by atoms with E-state index in [1.165, 1.54) is 11.3 Å². The average Bonchev–Trinajstić information content (AvgIpc) is 2.77. The number of rotatable bonds is 4.